The van der Waals surface area contributed by atoms with Crippen molar-refractivity contribution in [2.24, 2.45) is 0 Å². The number of carboxylic acid groups (broad SMARTS) is 1. The number of carbonyl (C=O) groups is 1. The summed E-state index contributed by atoms with van der Waals surface area (Å²) >= 11 is 1.60. The molecule has 0 aliphatic rings. The third-order valence-electron chi connectivity index (χ3n) is 3.14. The second-order valence-electron chi connectivity index (χ2n) is 4.79. The maximum atomic E-state index is 10.3. The van der Waals surface area contributed by atoms with E-state index in [1.807, 2.05) is 30.5 Å². The summed E-state index contributed by atoms with van der Waals surface area (Å²) in [5, 5.41) is 19.9. The molecule has 1 amide bonds. The number of aryl methyl sites for hydroxylation is 1. The van der Waals surface area contributed by atoms with E-state index in [9.17, 15) is 4.79 Å². The van der Waals surface area contributed by atoms with Gasteiger partial charge in [-0.05, 0) is 25.0 Å². The van der Waals surface area contributed by atoms with Crippen LogP contribution in [-0.4, -0.2) is 37.7 Å². The molecule has 7 nitrogen and oxygen atoms in total. The van der Waals surface area contributed by atoms with E-state index in [1.54, 1.807) is 16.0 Å². The minimum Gasteiger partial charge on any atom is -0.465 e. The van der Waals surface area contributed by atoms with Crippen LogP contribution in [0.2, 0.25) is 0 Å². The number of rotatable bonds is 6. The van der Waals surface area contributed by atoms with Gasteiger partial charge in [0.1, 0.15) is 10.7 Å². The lowest BCUT2D eigenvalue weighted by atomic mass is 10.3. The SMILES string of the molecule is O=C(O)NCCCCn1cc(-c2nc3ccccc3s2)nn1. The molecule has 0 atom stereocenters. The molecule has 0 fully saturated rings. The predicted molar refractivity (Wildman–Crippen MR) is 83.9 cm³/mol. The molecule has 0 radical (unpaired) electrons. The van der Waals surface area contributed by atoms with Crippen LogP contribution in [0.1, 0.15) is 12.8 Å². The minimum absolute atomic E-state index is 0.453. The quantitative estimate of drug-likeness (QED) is 0.682. The van der Waals surface area contributed by atoms with Crippen LogP contribution >= 0.6 is 11.3 Å². The van der Waals surface area contributed by atoms with Crippen molar-refractivity contribution in [2.75, 3.05) is 6.54 Å². The van der Waals surface area contributed by atoms with E-state index < -0.39 is 6.09 Å². The van der Waals surface area contributed by atoms with Crippen molar-refractivity contribution in [3.05, 3.63) is 30.5 Å². The maximum absolute atomic E-state index is 10.3. The van der Waals surface area contributed by atoms with Gasteiger partial charge in [-0.15, -0.1) is 16.4 Å². The molecule has 2 aromatic heterocycles. The van der Waals surface area contributed by atoms with Crippen LogP contribution in [0.25, 0.3) is 20.9 Å². The highest BCUT2D eigenvalue weighted by molar-refractivity contribution is 7.21. The zero-order chi connectivity index (χ0) is 15.4. The Morgan fingerprint density at radius 1 is 1.32 bits per heavy atom. The second kappa shape index (κ2) is 6.52. The van der Waals surface area contributed by atoms with Crippen molar-refractivity contribution in [1.82, 2.24) is 25.3 Å². The van der Waals surface area contributed by atoms with Crippen LogP contribution in [0.5, 0.6) is 0 Å². The molecule has 0 unspecified atom stereocenters. The highest BCUT2D eigenvalue weighted by atomic mass is 32.1. The number of hydrogen-bond acceptors (Lipinski definition) is 5. The molecular formula is C14H15N5O2S. The molecule has 114 valence electrons. The number of para-hydroxylation sites is 1. The number of benzene rings is 1. The largest absolute Gasteiger partial charge is 0.465 e. The fraction of sp³-hybridized carbons (Fsp3) is 0.286. The topological polar surface area (TPSA) is 92.9 Å². The third-order valence-corrected chi connectivity index (χ3v) is 4.20. The third kappa shape index (κ3) is 3.40. The number of hydrogen-bond donors (Lipinski definition) is 2. The molecule has 3 aromatic rings. The summed E-state index contributed by atoms with van der Waals surface area (Å²) in [6.07, 6.45) is 2.49. The van der Waals surface area contributed by atoms with Crippen LogP contribution in [0, 0.1) is 0 Å². The van der Waals surface area contributed by atoms with E-state index in [-0.39, 0.29) is 0 Å². The van der Waals surface area contributed by atoms with E-state index in [2.05, 4.69) is 20.6 Å². The molecule has 2 N–H and O–H groups in total. The number of aromatic nitrogens is 4. The van der Waals surface area contributed by atoms with Crippen molar-refractivity contribution in [2.45, 2.75) is 19.4 Å². The molecule has 1 aromatic carbocycles. The van der Waals surface area contributed by atoms with E-state index in [0.717, 1.165) is 33.8 Å². The number of nitrogens with one attached hydrogen (secondary N) is 1. The zero-order valence-electron chi connectivity index (χ0n) is 11.8. The van der Waals surface area contributed by atoms with E-state index in [1.165, 1.54) is 0 Å². The highest BCUT2D eigenvalue weighted by Gasteiger charge is 2.09. The molecule has 22 heavy (non-hydrogen) atoms. The predicted octanol–water partition coefficient (Wildman–Crippen LogP) is 2.60. The van der Waals surface area contributed by atoms with Gasteiger partial charge >= 0.3 is 6.09 Å². The van der Waals surface area contributed by atoms with Crippen LogP contribution in [0.15, 0.2) is 30.5 Å². The Morgan fingerprint density at radius 3 is 3.00 bits per heavy atom. The lowest BCUT2D eigenvalue weighted by Gasteiger charge is -2.00. The van der Waals surface area contributed by atoms with Gasteiger partial charge in [0.15, 0.2) is 0 Å². The van der Waals surface area contributed by atoms with E-state index in [4.69, 9.17) is 5.11 Å². The van der Waals surface area contributed by atoms with Gasteiger partial charge in [-0.2, -0.15) is 0 Å². The van der Waals surface area contributed by atoms with Crippen molar-refractivity contribution in [3.8, 4) is 10.7 Å². The monoisotopic (exact) mass is 317 g/mol. The number of nitrogens with zero attached hydrogens (tertiary/aromatic N) is 4. The van der Waals surface area contributed by atoms with Crippen molar-refractivity contribution in [3.63, 3.8) is 0 Å². The molecule has 2 heterocycles. The van der Waals surface area contributed by atoms with Gasteiger partial charge in [-0.25, -0.2) is 9.78 Å². The Balaban J connectivity index is 1.60. The van der Waals surface area contributed by atoms with Gasteiger partial charge < -0.3 is 10.4 Å². The summed E-state index contributed by atoms with van der Waals surface area (Å²) in [7, 11) is 0. The average Bonchev–Trinajstić information content (AvgIpc) is 3.12. The minimum atomic E-state index is -0.987. The lowest BCUT2D eigenvalue weighted by Crippen LogP contribution is -2.22. The maximum Gasteiger partial charge on any atom is 0.404 e. The first-order valence-electron chi connectivity index (χ1n) is 6.95. The molecule has 0 aliphatic carbocycles. The summed E-state index contributed by atoms with van der Waals surface area (Å²) < 4.78 is 2.90. The molecule has 0 saturated heterocycles. The van der Waals surface area contributed by atoms with Crippen molar-refractivity contribution in [1.29, 1.82) is 0 Å². The highest BCUT2D eigenvalue weighted by Crippen LogP contribution is 2.28. The summed E-state index contributed by atoms with van der Waals surface area (Å²) in [5.41, 5.74) is 1.74. The van der Waals surface area contributed by atoms with Gasteiger partial charge in [0.05, 0.1) is 16.4 Å². The van der Waals surface area contributed by atoms with Gasteiger partial charge in [-0.3, -0.25) is 4.68 Å². The number of unbranched alkanes of at least 4 members (excludes halogenated alkanes) is 1. The Kier molecular flexibility index (Phi) is 4.29. The molecule has 0 aliphatic heterocycles. The Bertz CT molecular complexity index is 749. The summed E-state index contributed by atoms with van der Waals surface area (Å²) in [4.78, 5) is 14.9. The van der Waals surface area contributed by atoms with E-state index in [0.29, 0.717) is 13.1 Å². The zero-order valence-corrected chi connectivity index (χ0v) is 12.6. The first-order chi connectivity index (χ1) is 10.7. The standard InChI is InChI=1S/C14H15N5O2S/c20-14(21)15-7-3-4-8-19-9-11(17-18-19)13-16-10-5-1-2-6-12(10)22-13/h1-2,5-6,9,15H,3-4,7-8H2,(H,20,21). The summed E-state index contributed by atoms with van der Waals surface area (Å²) in [5.74, 6) is 0. The molecule has 3 rings (SSSR count). The summed E-state index contributed by atoms with van der Waals surface area (Å²) in [6, 6.07) is 7.98. The van der Waals surface area contributed by atoms with Gasteiger partial charge in [0, 0.05) is 13.1 Å². The van der Waals surface area contributed by atoms with Crippen LogP contribution in [0.4, 0.5) is 4.79 Å². The van der Waals surface area contributed by atoms with Crippen LogP contribution in [0.3, 0.4) is 0 Å². The van der Waals surface area contributed by atoms with Crippen LogP contribution < -0.4 is 5.32 Å². The Hall–Kier alpha value is -2.48. The molecule has 0 saturated carbocycles. The number of amides is 1. The molecule has 8 heteroatoms. The van der Waals surface area contributed by atoms with Crippen LogP contribution in [-0.2, 0) is 6.54 Å². The van der Waals surface area contributed by atoms with Gasteiger partial charge in [0.25, 0.3) is 0 Å². The van der Waals surface area contributed by atoms with Crippen molar-refractivity contribution >= 4 is 27.6 Å². The Morgan fingerprint density at radius 2 is 2.18 bits per heavy atom. The molecule has 0 bridgehead atoms. The fourth-order valence-electron chi connectivity index (χ4n) is 2.08. The molecule has 0 spiro atoms. The number of fused-ring (bicyclic) bond motifs is 1. The second-order valence-corrected chi connectivity index (χ2v) is 5.82. The van der Waals surface area contributed by atoms with E-state index >= 15 is 0 Å². The fourth-order valence-corrected chi connectivity index (χ4v) is 3.00. The van der Waals surface area contributed by atoms with Gasteiger partial charge in [0.2, 0.25) is 0 Å². The first-order valence-corrected chi connectivity index (χ1v) is 7.77. The van der Waals surface area contributed by atoms with Gasteiger partial charge in [-0.1, -0.05) is 17.3 Å². The lowest BCUT2D eigenvalue weighted by molar-refractivity contribution is 0.194. The smallest absolute Gasteiger partial charge is 0.404 e. The number of thiazole rings is 1. The first kappa shape index (κ1) is 14.5. The van der Waals surface area contributed by atoms with Crippen molar-refractivity contribution < 1.29 is 9.90 Å². The molecular weight excluding hydrogens is 302 g/mol. The normalized spacial score (nSPS) is 10.9. The summed E-state index contributed by atoms with van der Waals surface area (Å²) in [6.45, 7) is 1.16. The Labute approximate surface area is 130 Å². The average molecular weight is 317 g/mol.